The second kappa shape index (κ2) is 9.63. The van der Waals surface area contributed by atoms with Crippen molar-refractivity contribution in [2.45, 2.75) is 32.8 Å². The lowest BCUT2D eigenvalue weighted by molar-refractivity contribution is -0.111. The third-order valence-electron chi connectivity index (χ3n) is 5.42. The minimum atomic E-state index is -0.229. The summed E-state index contributed by atoms with van der Waals surface area (Å²) in [6.07, 6.45) is 6.26. The first-order chi connectivity index (χ1) is 15.1. The van der Waals surface area contributed by atoms with Gasteiger partial charge in [0.2, 0.25) is 5.91 Å². The molecule has 1 heterocycles. The van der Waals surface area contributed by atoms with Gasteiger partial charge >= 0.3 is 0 Å². The fraction of sp³-hybridized carbons (Fsp3) is 0.231. The van der Waals surface area contributed by atoms with Crippen LogP contribution in [0.15, 0.2) is 60.7 Å². The van der Waals surface area contributed by atoms with Crippen LogP contribution in [-0.4, -0.2) is 5.91 Å². The number of nitrogens with zero attached hydrogens (tertiary/aromatic N) is 1. The molecule has 1 atom stereocenters. The van der Waals surface area contributed by atoms with E-state index < -0.39 is 0 Å². The van der Waals surface area contributed by atoms with Gasteiger partial charge in [-0.25, -0.2) is 0 Å². The topological polar surface area (TPSA) is 62.1 Å². The molecule has 1 unspecified atom stereocenters. The summed E-state index contributed by atoms with van der Waals surface area (Å²) in [4.78, 5) is 13.7. The maximum Gasteiger partial charge on any atom is 0.249 e. The van der Waals surface area contributed by atoms with Crippen molar-refractivity contribution < 1.29 is 9.53 Å². The molecule has 5 heteroatoms. The van der Waals surface area contributed by atoms with Gasteiger partial charge in [0.25, 0.3) is 0 Å². The number of nitrogens with one attached hydrogen (secondary N) is 1. The maximum absolute atomic E-state index is 12.4. The Kier molecular flexibility index (Phi) is 6.49. The van der Waals surface area contributed by atoms with Crippen LogP contribution in [0, 0.1) is 17.2 Å². The van der Waals surface area contributed by atoms with Gasteiger partial charge in [0, 0.05) is 11.0 Å². The van der Waals surface area contributed by atoms with Crippen LogP contribution in [0.1, 0.15) is 40.5 Å². The van der Waals surface area contributed by atoms with Crippen LogP contribution < -0.4 is 10.1 Å². The van der Waals surface area contributed by atoms with Crippen molar-refractivity contribution in [1.82, 2.24) is 0 Å². The molecule has 0 saturated heterocycles. The molecule has 0 aliphatic heterocycles. The summed E-state index contributed by atoms with van der Waals surface area (Å²) in [7, 11) is 0. The summed E-state index contributed by atoms with van der Waals surface area (Å²) in [6, 6.07) is 19.9. The number of hydrogen-bond acceptors (Lipinski definition) is 4. The number of ether oxygens (including phenoxy) is 1. The van der Waals surface area contributed by atoms with E-state index in [9.17, 15) is 10.1 Å². The first-order valence-corrected chi connectivity index (χ1v) is 11.2. The highest BCUT2D eigenvalue weighted by Crippen LogP contribution is 2.39. The molecular weight excluding hydrogens is 404 g/mol. The highest BCUT2D eigenvalue weighted by molar-refractivity contribution is 7.16. The van der Waals surface area contributed by atoms with Crippen LogP contribution in [0.3, 0.4) is 0 Å². The van der Waals surface area contributed by atoms with Gasteiger partial charge in [-0.1, -0.05) is 49.4 Å². The normalized spacial score (nSPS) is 15.3. The van der Waals surface area contributed by atoms with Crippen molar-refractivity contribution in [3.63, 3.8) is 0 Å². The lowest BCUT2D eigenvalue weighted by Gasteiger charge is -2.17. The van der Waals surface area contributed by atoms with E-state index in [1.54, 1.807) is 17.4 Å². The minimum absolute atomic E-state index is 0.229. The van der Waals surface area contributed by atoms with Crippen LogP contribution >= 0.6 is 11.3 Å². The smallest absolute Gasteiger partial charge is 0.249 e. The summed E-state index contributed by atoms with van der Waals surface area (Å²) in [5, 5.41) is 13.1. The Hall–Kier alpha value is -3.36. The molecule has 1 amide bonds. The Morgan fingerprint density at radius 1 is 1.23 bits per heavy atom. The zero-order chi connectivity index (χ0) is 21.6. The van der Waals surface area contributed by atoms with E-state index >= 15 is 0 Å². The first-order valence-electron chi connectivity index (χ1n) is 10.4. The molecule has 0 saturated carbocycles. The molecule has 4 nitrogen and oxygen atoms in total. The van der Waals surface area contributed by atoms with Crippen molar-refractivity contribution in [3.8, 4) is 11.8 Å². The summed E-state index contributed by atoms with van der Waals surface area (Å²) in [5.41, 5.74) is 3.77. The average Bonchev–Trinajstić information content (AvgIpc) is 3.13. The number of amides is 1. The Balaban J connectivity index is 1.36. The molecule has 0 bridgehead atoms. The Morgan fingerprint density at radius 3 is 2.74 bits per heavy atom. The van der Waals surface area contributed by atoms with E-state index in [0.717, 1.165) is 41.7 Å². The predicted molar refractivity (Wildman–Crippen MR) is 125 cm³/mol. The zero-order valence-corrected chi connectivity index (χ0v) is 18.2. The molecule has 1 N–H and O–H groups in total. The van der Waals surface area contributed by atoms with Crippen molar-refractivity contribution >= 4 is 28.3 Å². The van der Waals surface area contributed by atoms with Crippen LogP contribution in [-0.2, 0) is 24.2 Å². The minimum Gasteiger partial charge on any atom is -0.489 e. The number of carbonyl (C=O) groups excluding carboxylic acids is 1. The lowest BCUT2D eigenvalue weighted by Crippen LogP contribution is -2.10. The molecule has 1 aromatic heterocycles. The highest BCUT2D eigenvalue weighted by Gasteiger charge is 2.24. The van der Waals surface area contributed by atoms with Gasteiger partial charge in [-0.3, -0.25) is 4.79 Å². The van der Waals surface area contributed by atoms with Gasteiger partial charge in [-0.05, 0) is 60.1 Å². The first kappa shape index (κ1) is 20.9. The van der Waals surface area contributed by atoms with Crippen LogP contribution in [0.5, 0.6) is 5.75 Å². The number of hydrogen-bond donors (Lipinski definition) is 1. The van der Waals surface area contributed by atoms with Gasteiger partial charge < -0.3 is 10.1 Å². The number of rotatable bonds is 6. The molecule has 0 spiro atoms. The summed E-state index contributed by atoms with van der Waals surface area (Å²) >= 11 is 1.54. The lowest BCUT2D eigenvalue weighted by atomic mass is 9.89. The zero-order valence-electron chi connectivity index (χ0n) is 17.4. The molecule has 4 rings (SSSR count). The Morgan fingerprint density at radius 2 is 2.00 bits per heavy atom. The molecule has 1 aliphatic rings. The molecule has 156 valence electrons. The quantitative estimate of drug-likeness (QED) is 0.492. The molecule has 31 heavy (non-hydrogen) atoms. The van der Waals surface area contributed by atoms with Crippen LogP contribution in [0.4, 0.5) is 5.00 Å². The van der Waals surface area contributed by atoms with E-state index in [-0.39, 0.29) is 5.91 Å². The van der Waals surface area contributed by atoms with E-state index in [1.165, 1.54) is 11.0 Å². The van der Waals surface area contributed by atoms with Gasteiger partial charge in [0.15, 0.2) is 0 Å². The van der Waals surface area contributed by atoms with Crippen molar-refractivity contribution in [2.75, 3.05) is 5.32 Å². The SMILES string of the molecule is CC1CCc2c(sc(NC(=O)/C=C/c3ccc(OCc4ccccc4)cc3)c2C#N)C1. The van der Waals surface area contributed by atoms with Crippen LogP contribution in [0.2, 0.25) is 0 Å². The molecule has 3 aromatic rings. The number of thiophene rings is 1. The van der Waals surface area contributed by atoms with Crippen molar-refractivity contribution in [2.24, 2.45) is 5.92 Å². The average molecular weight is 429 g/mol. The number of fused-ring (bicyclic) bond motifs is 1. The predicted octanol–water partition coefficient (Wildman–Crippen LogP) is 5.98. The molecule has 2 aromatic carbocycles. The standard InChI is InChI=1S/C26H24N2O2S/c1-18-7-13-22-23(16-27)26(31-24(22)15-18)28-25(29)14-10-19-8-11-21(12-9-19)30-17-20-5-3-2-4-6-20/h2-6,8-12,14,18H,7,13,15,17H2,1H3,(H,28,29)/b14-10+. The molecular formula is C26H24N2O2S. The number of carbonyl (C=O) groups is 1. The van der Waals surface area contributed by atoms with Gasteiger partial charge in [-0.15, -0.1) is 11.3 Å². The summed E-state index contributed by atoms with van der Waals surface area (Å²) in [5.74, 6) is 1.18. The van der Waals surface area contributed by atoms with Crippen molar-refractivity contribution in [1.29, 1.82) is 5.26 Å². The van der Waals surface area contributed by atoms with Gasteiger partial charge in [0.1, 0.15) is 23.4 Å². The van der Waals surface area contributed by atoms with Crippen molar-refractivity contribution in [3.05, 3.63) is 87.8 Å². The monoisotopic (exact) mass is 428 g/mol. The second-order valence-electron chi connectivity index (χ2n) is 7.83. The third kappa shape index (κ3) is 5.22. The summed E-state index contributed by atoms with van der Waals surface area (Å²) in [6.45, 7) is 2.75. The number of nitriles is 1. The largest absolute Gasteiger partial charge is 0.489 e. The van der Waals surface area contributed by atoms with Gasteiger partial charge in [0.05, 0.1) is 5.56 Å². The Bertz CT molecular complexity index is 1120. The van der Waals surface area contributed by atoms with E-state index in [1.807, 2.05) is 54.6 Å². The Labute approximate surface area is 186 Å². The number of benzene rings is 2. The molecule has 0 fully saturated rings. The summed E-state index contributed by atoms with van der Waals surface area (Å²) < 4.78 is 5.79. The fourth-order valence-electron chi connectivity index (χ4n) is 3.70. The second-order valence-corrected chi connectivity index (χ2v) is 8.94. The van der Waals surface area contributed by atoms with Gasteiger partial charge in [-0.2, -0.15) is 5.26 Å². The third-order valence-corrected chi connectivity index (χ3v) is 6.59. The van der Waals surface area contributed by atoms with E-state index in [4.69, 9.17) is 4.74 Å². The van der Waals surface area contributed by atoms with Crippen LogP contribution in [0.25, 0.3) is 6.08 Å². The van der Waals surface area contributed by atoms with E-state index in [2.05, 4.69) is 18.3 Å². The molecule has 1 aliphatic carbocycles. The molecule has 0 radical (unpaired) electrons. The maximum atomic E-state index is 12.4. The number of anilines is 1. The highest BCUT2D eigenvalue weighted by atomic mass is 32.1. The van der Waals surface area contributed by atoms with E-state index in [0.29, 0.717) is 23.1 Å². The fourth-order valence-corrected chi connectivity index (χ4v) is 5.06.